The molecular weight excluding hydrogens is 1040 g/mol. The van der Waals surface area contributed by atoms with Crippen LogP contribution in [0.3, 0.4) is 0 Å². The Balaban J connectivity index is 0.000000440. The van der Waals surface area contributed by atoms with Crippen molar-refractivity contribution in [3.05, 3.63) is 168 Å². The minimum absolute atomic E-state index is 0. The molecule has 77 heavy (non-hydrogen) atoms. The molecule has 0 aromatic heterocycles. The zero-order valence-corrected chi connectivity index (χ0v) is 39.4. The second kappa shape index (κ2) is 30.2. The summed E-state index contributed by atoms with van der Waals surface area (Å²) in [6.07, 6.45) is -4.59. The van der Waals surface area contributed by atoms with E-state index in [-0.39, 0.29) is 71.1 Å². The molecule has 19 nitrogen and oxygen atoms in total. The van der Waals surface area contributed by atoms with Crippen LogP contribution in [0.25, 0.3) is 0 Å². The average Bonchev–Trinajstić information content (AvgIpc) is 3.54. The smallest absolute Gasteiger partial charge is 0.338 e. The summed E-state index contributed by atoms with van der Waals surface area (Å²) in [5.74, 6) is -11.5. The fraction of sp³-hybridized carbons (Fsp3) is 0.358. The lowest BCUT2D eigenvalue weighted by Gasteiger charge is -2.30. The molecule has 3 N–H and O–H groups in total. The van der Waals surface area contributed by atoms with Crippen molar-refractivity contribution in [2.24, 2.45) is 0 Å². The average molecular weight is 1110 g/mol. The van der Waals surface area contributed by atoms with Gasteiger partial charge in [-0.25, -0.2) is 33.0 Å². The van der Waals surface area contributed by atoms with Gasteiger partial charge < -0.3 is 44.4 Å². The lowest BCUT2D eigenvalue weighted by Crippen LogP contribution is -2.54. The maximum absolute atomic E-state index is 15.5. The molecule has 4 aliphatic heterocycles. The van der Waals surface area contributed by atoms with Crippen molar-refractivity contribution in [2.75, 3.05) is 45.6 Å². The maximum atomic E-state index is 15.5. The zero-order chi connectivity index (χ0) is 52.6. The molecular formula is C53H64F4N4O15S. The van der Waals surface area contributed by atoms with Gasteiger partial charge >= 0.3 is 47.8 Å². The van der Waals surface area contributed by atoms with Crippen molar-refractivity contribution in [3.63, 3.8) is 0 Å². The SMILES string of the molecule is C.C.C.C.CS(=O)(=O)OC1O[C@H](COC(=O)c2ccccc2)[C@@H](OC(=O)c2ccccc2)C1(F)F.O=C(OC[C@H]1OC(N2CC=CCNC2=O)C(F)(F)[C@@H]1OC(=O)c1ccccc1)c1ccccc1.O=C1NCC=CCN1. The molecule has 2 saturated heterocycles. The van der Waals surface area contributed by atoms with E-state index < -0.39 is 102 Å². The van der Waals surface area contributed by atoms with Gasteiger partial charge in [0.05, 0.1) is 28.5 Å². The summed E-state index contributed by atoms with van der Waals surface area (Å²) in [7, 11) is -4.33. The Morgan fingerprint density at radius 2 is 0.922 bits per heavy atom. The quantitative estimate of drug-likeness (QED) is 0.0380. The molecule has 8 rings (SSSR count). The van der Waals surface area contributed by atoms with E-state index in [1.54, 1.807) is 72.8 Å². The summed E-state index contributed by atoms with van der Waals surface area (Å²) >= 11 is 0. The van der Waals surface area contributed by atoms with Crippen molar-refractivity contribution >= 4 is 46.1 Å². The van der Waals surface area contributed by atoms with E-state index >= 15 is 8.78 Å². The molecule has 0 radical (unpaired) electrons. The van der Waals surface area contributed by atoms with Crippen LogP contribution < -0.4 is 16.0 Å². The number of nitrogens with zero attached hydrogens (tertiary/aromatic N) is 1. The molecule has 4 aromatic rings. The van der Waals surface area contributed by atoms with Crippen molar-refractivity contribution in [3.8, 4) is 0 Å². The minimum Gasteiger partial charge on any atom is -0.459 e. The summed E-state index contributed by atoms with van der Waals surface area (Å²) in [5.41, 5.74) is 0.440. The number of urea groups is 2. The molecule has 0 aliphatic carbocycles. The van der Waals surface area contributed by atoms with E-state index in [0.717, 1.165) is 4.90 Å². The standard InChI is InChI=1S/C24H22F2N2O6.C20H18F2O8S.C5H8N2O.4CH4/c25-24(26)19(34-21(30)17-11-5-2-6-12-17)18(15-32-20(29)16-9-3-1-4-10-16)33-22(24)28-14-8-7-13-27-23(28)31;1-31(25,26)30-19-20(21,22)16(29-18(24)14-10-6-3-7-11-14)15(28-19)12-27-17(23)13-8-4-2-5-9-13;8-5-6-3-1-2-4-7-5;;;;/h1-12,18-19,22H,13-15H2,(H,27,31);2-11,15-16,19H,12H2,1H3;1-2H,3-4H2,(H2,6,7,8);4*1H4/t18-,19-,22?;15-,16-,19?;;;;;/m11...../s1. The second-order valence-electron chi connectivity index (χ2n) is 15.9. The van der Waals surface area contributed by atoms with Crippen molar-refractivity contribution in [1.29, 1.82) is 0 Å². The Morgan fingerprint density at radius 1 is 0.558 bits per heavy atom. The highest BCUT2D eigenvalue weighted by Gasteiger charge is 2.65. The second-order valence-corrected chi connectivity index (χ2v) is 17.5. The van der Waals surface area contributed by atoms with Crippen LogP contribution in [0.5, 0.6) is 0 Å². The molecule has 6 atom stereocenters. The fourth-order valence-corrected chi connectivity index (χ4v) is 7.48. The van der Waals surface area contributed by atoms with Crippen LogP contribution in [0.2, 0.25) is 0 Å². The van der Waals surface area contributed by atoms with Crippen LogP contribution in [-0.4, -0.2) is 144 Å². The van der Waals surface area contributed by atoms with Crippen LogP contribution in [0.15, 0.2) is 146 Å². The van der Waals surface area contributed by atoms with Gasteiger partial charge in [0.15, 0.2) is 6.10 Å². The molecule has 4 aromatic carbocycles. The van der Waals surface area contributed by atoms with Gasteiger partial charge in [-0.2, -0.15) is 26.0 Å². The van der Waals surface area contributed by atoms with Gasteiger partial charge in [0.2, 0.25) is 18.6 Å². The Morgan fingerprint density at radius 3 is 1.34 bits per heavy atom. The molecule has 0 bridgehead atoms. The largest absolute Gasteiger partial charge is 0.459 e. The number of esters is 4. The lowest BCUT2D eigenvalue weighted by molar-refractivity contribution is -0.183. The summed E-state index contributed by atoms with van der Waals surface area (Å²) in [4.78, 5) is 72.9. The summed E-state index contributed by atoms with van der Waals surface area (Å²) in [6, 6.07) is 29.9. The monoisotopic (exact) mass is 1100 g/mol. The fourth-order valence-electron chi connectivity index (χ4n) is 6.99. The Hall–Kier alpha value is -7.67. The number of hydrogen-bond donors (Lipinski definition) is 3. The van der Waals surface area contributed by atoms with E-state index in [1.807, 2.05) is 12.2 Å². The zero-order valence-electron chi connectivity index (χ0n) is 38.6. The van der Waals surface area contributed by atoms with Gasteiger partial charge in [0, 0.05) is 26.2 Å². The number of nitrogens with one attached hydrogen (secondary N) is 3. The Bertz CT molecular complexity index is 2700. The molecule has 2 fully saturated rings. The number of amides is 4. The highest BCUT2D eigenvalue weighted by molar-refractivity contribution is 7.86. The number of carbonyl (C=O) groups excluding carboxylic acids is 6. The summed E-state index contributed by atoms with van der Waals surface area (Å²) in [6.45, 7) is -0.0185. The number of ether oxygens (including phenoxy) is 6. The first kappa shape index (κ1) is 65.4. The van der Waals surface area contributed by atoms with Gasteiger partial charge in [0.25, 0.3) is 10.1 Å². The van der Waals surface area contributed by atoms with Crippen molar-refractivity contribution in [2.45, 2.75) is 78.5 Å². The molecule has 2 unspecified atom stereocenters. The van der Waals surface area contributed by atoms with Crippen LogP contribution >= 0.6 is 0 Å². The minimum atomic E-state index is -4.33. The first-order valence-electron chi connectivity index (χ1n) is 22.1. The first-order chi connectivity index (χ1) is 34.8. The first-order valence-corrected chi connectivity index (χ1v) is 23.9. The third kappa shape index (κ3) is 18.3. The number of benzene rings is 4. The number of carbonyl (C=O) groups is 6. The van der Waals surface area contributed by atoms with Crippen molar-refractivity contribution < 1.29 is 87.4 Å². The van der Waals surface area contributed by atoms with Gasteiger partial charge in [-0.3, -0.25) is 4.90 Å². The molecule has 4 amide bonds. The van der Waals surface area contributed by atoms with E-state index in [2.05, 4.69) is 20.1 Å². The molecule has 0 spiro atoms. The number of rotatable bonds is 13. The van der Waals surface area contributed by atoms with Gasteiger partial charge in [-0.1, -0.05) is 127 Å². The third-order valence-electron chi connectivity index (χ3n) is 10.5. The number of alkyl halides is 4. The van der Waals surface area contributed by atoms with E-state index in [9.17, 15) is 46.0 Å². The van der Waals surface area contributed by atoms with Gasteiger partial charge in [0.1, 0.15) is 25.4 Å². The summed E-state index contributed by atoms with van der Waals surface area (Å²) < 4.78 is 119. The third-order valence-corrected chi connectivity index (χ3v) is 11.0. The van der Waals surface area contributed by atoms with Crippen LogP contribution in [0.1, 0.15) is 71.1 Å². The van der Waals surface area contributed by atoms with Crippen LogP contribution in [0.4, 0.5) is 27.2 Å². The molecule has 24 heteroatoms. The topological polar surface area (TPSA) is 240 Å². The molecule has 0 saturated carbocycles. The molecule has 420 valence electrons. The van der Waals surface area contributed by atoms with Crippen LogP contribution in [-0.2, 0) is 42.7 Å². The molecule has 4 aliphatic rings. The van der Waals surface area contributed by atoms with Crippen molar-refractivity contribution in [1.82, 2.24) is 20.9 Å². The summed E-state index contributed by atoms with van der Waals surface area (Å²) in [5, 5.41) is 7.69. The van der Waals surface area contributed by atoms with E-state index in [4.69, 9.17) is 28.4 Å². The number of hydrogen-bond acceptors (Lipinski definition) is 15. The van der Waals surface area contributed by atoms with Gasteiger partial charge in [-0.05, 0) is 48.5 Å². The molecule has 4 heterocycles. The number of halogens is 4. The Kier molecular flexibility index (Phi) is 25.6. The normalized spacial score (nSPS) is 21.5. The maximum Gasteiger partial charge on any atom is 0.338 e. The van der Waals surface area contributed by atoms with Gasteiger partial charge in [-0.15, -0.1) is 0 Å². The predicted molar refractivity (Wildman–Crippen MR) is 275 cm³/mol. The highest BCUT2D eigenvalue weighted by atomic mass is 32.2. The van der Waals surface area contributed by atoms with E-state index in [0.29, 0.717) is 19.3 Å². The lowest BCUT2D eigenvalue weighted by atomic mass is 10.1. The highest BCUT2D eigenvalue weighted by Crippen LogP contribution is 2.42. The Labute approximate surface area is 444 Å². The van der Waals surface area contributed by atoms with Crippen LogP contribution in [0, 0.1) is 0 Å². The van der Waals surface area contributed by atoms with E-state index in [1.165, 1.54) is 60.7 Å². The predicted octanol–water partition coefficient (Wildman–Crippen LogP) is 7.82.